The Balaban J connectivity index is 1.93. The maximum absolute atomic E-state index is 12.1. The van der Waals surface area contributed by atoms with Gasteiger partial charge in [0.05, 0.1) is 5.01 Å². The van der Waals surface area contributed by atoms with Crippen molar-refractivity contribution in [2.75, 3.05) is 5.32 Å². The molecule has 0 bridgehead atoms. The number of carbonyl (C=O) groups excluding carboxylic acids is 1. The maximum atomic E-state index is 12.1. The Labute approximate surface area is 113 Å². The summed E-state index contributed by atoms with van der Waals surface area (Å²) in [6, 6.07) is 5.54. The van der Waals surface area contributed by atoms with Crippen LogP contribution in [0.3, 0.4) is 0 Å². The molecule has 0 atom stereocenters. The quantitative estimate of drug-likeness (QED) is 0.775. The van der Waals surface area contributed by atoms with E-state index in [1.54, 1.807) is 10.6 Å². The molecule has 96 valence electrons. The van der Waals surface area contributed by atoms with Crippen LogP contribution in [0.5, 0.6) is 0 Å². The van der Waals surface area contributed by atoms with Crippen LogP contribution in [0.2, 0.25) is 0 Å². The van der Waals surface area contributed by atoms with Gasteiger partial charge in [0.25, 0.3) is 5.91 Å². The predicted molar refractivity (Wildman–Crippen MR) is 72.5 cm³/mol. The SMILES string of the molecule is Cc1nc(C(=O)Nc2nnc3ccccn23)c(C)s1. The molecule has 1 N–H and O–H groups in total. The minimum Gasteiger partial charge on any atom is -0.289 e. The highest BCUT2D eigenvalue weighted by molar-refractivity contribution is 7.11. The van der Waals surface area contributed by atoms with Crippen molar-refractivity contribution in [1.82, 2.24) is 19.6 Å². The topological polar surface area (TPSA) is 72.2 Å². The fraction of sp³-hybridized carbons (Fsp3) is 0.167. The number of nitrogens with one attached hydrogen (secondary N) is 1. The van der Waals surface area contributed by atoms with Gasteiger partial charge in [0.2, 0.25) is 5.95 Å². The van der Waals surface area contributed by atoms with Crippen LogP contribution >= 0.6 is 11.3 Å². The van der Waals surface area contributed by atoms with E-state index < -0.39 is 0 Å². The molecule has 3 heterocycles. The standard InChI is InChI=1S/C12H11N5OS/c1-7-10(13-8(2)19-7)11(18)14-12-16-15-9-5-3-4-6-17(9)12/h3-6H,1-2H3,(H,14,16,18). The third kappa shape index (κ3) is 2.08. The Morgan fingerprint density at radius 1 is 1.32 bits per heavy atom. The van der Waals surface area contributed by atoms with Crippen molar-refractivity contribution in [3.8, 4) is 0 Å². The summed E-state index contributed by atoms with van der Waals surface area (Å²) in [7, 11) is 0. The van der Waals surface area contributed by atoms with Crippen LogP contribution in [0.4, 0.5) is 5.95 Å². The predicted octanol–water partition coefficient (Wildman–Crippen LogP) is 2.05. The maximum Gasteiger partial charge on any atom is 0.277 e. The lowest BCUT2D eigenvalue weighted by atomic mass is 10.3. The van der Waals surface area contributed by atoms with Crippen LogP contribution in [-0.2, 0) is 0 Å². The van der Waals surface area contributed by atoms with Gasteiger partial charge in [-0.1, -0.05) is 6.07 Å². The molecule has 3 aromatic heterocycles. The average molecular weight is 273 g/mol. The summed E-state index contributed by atoms with van der Waals surface area (Å²) in [6.45, 7) is 3.75. The molecule has 0 unspecified atom stereocenters. The Bertz CT molecular complexity index is 760. The van der Waals surface area contributed by atoms with Gasteiger partial charge in [0.1, 0.15) is 5.69 Å². The molecule has 0 aromatic carbocycles. The highest BCUT2D eigenvalue weighted by atomic mass is 32.1. The van der Waals surface area contributed by atoms with Gasteiger partial charge in [0.15, 0.2) is 5.65 Å². The van der Waals surface area contributed by atoms with Crippen LogP contribution in [0.15, 0.2) is 24.4 Å². The number of thiazole rings is 1. The fourth-order valence-electron chi connectivity index (χ4n) is 1.83. The number of aromatic nitrogens is 4. The van der Waals surface area contributed by atoms with Crippen molar-refractivity contribution >= 4 is 28.8 Å². The lowest BCUT2D eigenvalue weighted by Gasteiger charge is -2.01. The fourth-order valence-corrected chi connectivity index (χ4v) is 2.64. The number of rotatable bonds is 2. The molecular formula is C12H11N5OS. The van der Waals surface area contributed by atoms with Crippen molar-refractivity contribution in [2.45, 2.75) is 13.8 Å². The molecule has 19 heavy (non-hydrogen) atoms. The van der Waals surface area contributed by atoms with E-state index in [2.05, 4.69) is 20.5 Å². The lowest BCUT2D eigenvalue weighted by molar-refractivity contribution is 0.102. The number of amides is 1. The number of hydrogen-bond donors (Lipinski definition) is 1. The second-order valence-electron chi connectivity index (χ2n) is 4.04. The molecule has 0 saturated carbocycles. The van der Waals surface area contributed by atoms with Gasteiger partial charge < -0.3 is 0 Å². The van der Waals surface area contributed by atoms with Gasteiger partial charge in [-0.3, -0.25) is 14.5 Å². The zero-order chi connectivity index (χ0) is 13.4. The minimum absolute atomic E-state index is 0.264. The van der Waals surface area contributed by atoms with Crippen LogP contribution in [-0.4, -0.2) is 25.5 Å². The number of fused-ring (bicyclic) bond motifs is 1. The molecule has 1 amide bonds. The van der Waals surface area contributed by atoms with E-state index in [0.29, 0.717) is 17.3 Å². The van der Waals surface area contributed by atoms with Crippen molar-refractivity contribution in [2.24, 2.45) is 0 Å². The Kier molecular flexibility index (Phi) is 2.75. The molecule has 3 aromatic rings. The van der Waals surface area contributed by atoms with E-state index in [9.17, 15) is 4.79 Å². The first kappa shape index (κ1) is 11.8. The van der Waals surface area contributed by atoms with Gasteiger partial charge in [-0.2, -0.15) is 0 Å². The Morgan fingerprint density at radius 2 is 2.16 bits per heavy atom. The summed E-state index contributed by atoms with van der Waals surface area (Å²) in [4.78, 5) is 17.3. The zero-order valence-corrected chi connectivity index (χ0v) is 11.2. The number of hydrogen-bond acceptors (Lipinski definition) is 5. The number of nitrogens with zero attached hydrogens (tertiary/aromatic N) is 4. The Hall–Kier alpha value is -2.28. The molecule has 0 aliphatic rings. The first-order valence-electron chi connectivity index (χ1n) is 5.70. The zero-order valence-electron chi connectivity index (χ0n) is 10.4. The largest absolute Gasteiger partial charge is 0.289 e. The van der Waals surface area contributed by atoms with E-state index in [1.165, 1.54) is 11.3 Å². The normalized spacial score (nSPS) is 10.8. The molecule has 3 rings (SSSR count). The molecule has 0 aliphatic heterocycles. The second kappa shape index (κ2) is 4.43. The number of anilines is 1. The molecule has 0 radical (unpaired) electrons. The highest BCUT2D eigenvalue weighted by Gasteiger charge is 2.16. The van der Waals surface area contributed by atoms with E-state index >= 15 is 0 Å². The summed E-state index contributed by atoms with van der Waals surface area (Å²) >= 11 is 1.50. The number of carbonyl (C=O) groups is 1. The number of pyridine rings is 1. The van der Waals surface area contributed by atoms with Gasteiger partial charge >= 0.3 is 0 Å². The molecule has 6 nitrogen and oxygen atoms in total. The van der Waals surface area contributed by atoms with Crippen molar-refractivity contribution in [3.05, 3.63) is 40.0 Å². The van der Waals surface area contributed by atoms with Crippen molar-refractivity contribution in [3.63, 3.8) is 0 Å². The molecule has 0 spiro atoms. The summed E-state index contributed by atoms with van der Waals surface area (Å²) in [5.74, 6) is 0.130. The van der Waals surface area contributed by atoms with Crippen LogP contribution in [0.25, 0.3) is 5.65 Å². The van der Waals surface area contributed by atoms with E-state index in [0.717, 1.165) is 9.88 Å². The lowest BCUT2D eigenvalue weighted by Crippen LogP contribution is -2.15. The third-order valence-corrected chi connectivity index (χ3v) is 3.54. The van der Waals surface area contributed by atoms with Gasteiger partial charge in [0, 0.05) is 11.1 Å². The van der Waals surface area contributed by atoms with Crippen molar-refractivity contribution < 1.29 is 4.79 Å². The van der Waals surface area contributed by atoms with E-state index in [4.69, 9.17) is 0 Å². The molecule has 0 aliphatic carbocycles. The van der Waals surface area contributed by atoms with Crippen LogP contribution in [0.1, 0.15) is 20.4 Å². The summed E-state index contributed by atoms with van der Waals surface area (Å²) in [5, 5.41) is 11.5. The van der Waals surface area contributed by atoms with Gasteiger partial charge in [-0.15, -0.1) is 21.5 Å². The molecule has 0 saturated heterocycles. The number of aryl methyl sites for hydroxylation is 2. The van der Waals surface area contributed by atoms with Crippen molar-refractivity contribution in [1.29, 1.82) is 0 Å². The van der Waals surface area contributed by atoms with Crippen LogP contribution < -0.4 is 5.32 Å². The highest BCUT2D eigenvalue weighted by Crippen LogP contribution is 2.17. The second-order valence-corrected chi connectivity index (χ2v) is 5.45. The monoisotopic (exact) mass is 273 g/mol. The molecular weight excluding hydrogens is 262 g/mol. The summed E-state index contributed by atoms with van der Waals surface area (Å²) in [6.07, 6.45) is 1.80. The van der Waals surface area contributed by atoms with E-state index in [-0.39, 0.29) is 5.91 Å². The third-order valence-electron chi connectivity index (χ3n) is 2.66. The summed E-state index contributed by atoms with van der Waals surface area (Å²) in [5.41, 5.74) is 1.12. The van der Waals surface area contributed by atoms with Crippen LogP contribution in [0, 0.1) is 13.8 Å². The first-order chi connectivity index (χ1) is 9.15. The van der Waals surface area contributed by atoms with E-state index in [1.807, 2.05) is 32.0 Å². The van der Waals surface area contributed by atoms with Gasteiger partial charge in [-0.05, 0) is 26.0 Å². The smallest absolute Gasteiger partial charge is 0.277 e. The first-order valence-corrected chi connectivity index (χ1v) is 6.52. The van der Waals surface area contributed by atoms with Gasteiger partial charge in [-0.25, -0.2) is 4.98 Å². The Morgan fingerprint density at radius 3 is 2.89 bits per heavy atom. The molecule has 0 fully saturated rings. The molecule has 7 heteroatoms. The summed E-state index contributed by atoms with van der Waals surface area (Å²) < 4.78 is 1.71. The average Bonchev–Trinajstić information content (AvgIpc) is 2.94. The minimum atomic E-state index is -0.264.